The molecule has 0 spiro atoms. The van der Waals surface area contributed by atoms with Crippen molar-refractivity contribution in [3.63, 3.8) is 0 Å². The monoisotopic (exact) mass is 300 g/mol. The van der Waals surface area contributed by atoms with Crippen molar-refractivity contribution in [2.45, 2.75) is 18.4 Å². The van der Waals surface area contributed by atoms with Gasteiger partial charge in [0.25, 0.3) is 0 Å². The number of hydrogen-bond acceptors (Lipinski definition) is 4. The Morgan fingerprint density at radius 3 is 2.90 bits per heavy atom. The average Bonchev–Trinajstić information content (AvgIpc) is 2.79. The van der Waals surface area contributed by atoms with E-state index in [0.29, 0.717) is 12.2 Å². The Bertz CT molecular complexity index is 837. The number of hydrogen-bond donors (Lipinski definition) is 1. The Morgan fingerprint density at radius 2 is 2.14 bits per heavy atom. The highest BCUT2D eigenvalue weighted by molar-refractivity contribution is 7.99. The second-order valence-corrected chi connectivity index (χ2v) is 5.94. The van der Waals surface area contributed by atoms with Crippen molar-refractivity contribution in [2.75, 3.05) is 11.5 Å². The number of fused-ring (bicyclic) bond motifs is 1. The Hall–Kier alpha value is -2.21. The van der Waals surface area contributed by atoms with E-state index in [9.17, 15) is 4.79 Å². The molecule has 5 nitrogen and oxygen atoms in total. The summed E-state index contributed by atoms with van der Waals surface area (Å²) in [7, 11) is 0. The molecule has 0 saturated heterocycles. The predicted octanol–water partition coefficient (Wildman–Crippen LogP) is 2.18. The molecule has 0 aliphatic carbocycles. The van der Waals surface area contributed by atoms with Crippen LogP contribution in [0.1, 0.15) is 5.56 Å². The van der Waals surface area contributed by atoms with Crippen LogP contribution < -0.4 is 11.4 Å². The van der Waals surface area contributed by atoms with Crippen molar-refractivity contribution in [1.82, 2.24) is 14.2 Å². The molecule has 2 N–H and O–H groups in total. The summed E-state index contributed by atoms with van der Waals surface area (Å²) in [6.07, 6.45) is 1.73. The van der Waals surface area contributed by atoms with Crippen LogP contribution in [0.25, 0.3) is 5.65 Å². The van der Waals surface area contributed by atoms with Crippen LogP contribution in [-0.4, -0.2) is 19.9 Å². The summed E-state index contributed by atoms with van der Waals surface area (Å²) in [5.74, 6) is 0.786. The molecular formula is C15H16N4OS. The molecule has 0 aliphatic rings. The zero-order chi connectivity index (χ0) is 14.8. The van der Waals surface area contributed by atoms with E-state index in [4.69, 9.17) is 5.73 Å². The van der Waals surface area contributed by atoms with E-state index in [0.717, 1.165) is 17.0 Å². The number of nitrogens with zero attached hydrogens (tertiary/aromatic N) is 3. The summed E-state index contributed by atoms with van der Waals surface area (Å²) in [6.45, 7) is 2.62. The molecule has 0 radical (unpaired) electrons. The van der Waals surface area contributed by atoms with Gasteiger partial charge in [-0.2, -0.15) is 0 Å². The maximum absolute atomic E-state index is 12.1. The van der Waals surface area contributed by atoms with Crippen molar-refractivity contribution < 1.29 is 0 Å². The van der Waals surface area contributed by atoms with Crippen molar-refractivity contribution in [3.05, 3.63) is 58.6 Å². The van der Waals surface area contributed by atoms with E-state index in [1.165, 1.54) is 9.58 Å². The van der Waals surface area contributed by atoms with Crippen LogP contribution in [0.4, 0.5) is 5.69 Å². The Kier molecular flexibility index (Phi) is 3.70. The zero-order valence-electron chi connectivity index (χ0n) is 11.7. The number of benzene rings is 1. The van der Waals surface area contributed by atoms with Crippen molar-refractivity contribution in [2.24, 2.45) is 0 Å². The largest absolute Gasteiger partial charge is 0.399 e. The maximum atomic E-state index is 12.1. The molecular weight excluding hydrogens is 284 g/mol. The van der Waals surface area contributed by atoms with Crippen LogP contribution in [-0.2, 0) is 6.54 Å². The summed E-state index contributed by atoms with van der Waals surface area (Å²) in [4.78, 5) is 13.3. The van der Waals surface area contributed by atoms with Gasteiger partial charge in [-0.25, -0.2) is 9.48 Å². The van der Waals surface area contributed by atoms with Gasteiger partial charge >= 0.3 is 5.69 Å². The molecule has 0 saturated carbocycles. The standard InChI is InChI=1S/C15H16N4OS/c1-11-10-12(16)5-6-13(11)21-9-8-19-15(20)18-7-3-2-4-14(18)17-19/h2-7,10H,8-9,16H2,1H3. The maximum Gasteiger partial charge on any atom is 0.350 e. The molecule has 0 aliphatic heterocycles. The number of pyridine rings is 1. The molecule has 0 bridgehead atoms. The normalized spacial score (nSPS) is 11.1. The molecule has 0 amide bonds. The summed E-state index contributed by atoms with van der Waals surface area (Å²) in [5, 5.41) is 4.31. The average molecular weight is 300 g/mol. The zero-order valence-corrected chi connectivity index (χ0v) is 12.5. The van der Waals surface area contributed by atoms with Crippen molar-refractivity contribution in [3.8, 4) is 0 Å². The lowest BCUT2D eigenvalue weighted by molar-refractivity contribution is 0.639. The van der Waals surface area contributed by atoms with Gasteiger partial charge < -0.3 is 5.73 Å². The van der Waals surface area contributed by atoms with E-state index in [1.807, 2.05) is 43.3 Å². The second kappa shape index (κ2) is 5.65. The predicted molar refractivity (Wildman–Crippen MR) is 85.8 cm³/mol. The summed E-state index contributed by atoms with van der Waals surface area (Å²) >= 11 is 1.70. The van der Waals surface area contributed by atoms with Gasteiger partial charge in [-0.1, -0.05) is 6.07 Å². The van der Waals surface area contributed by atoms with Crippen molar-refractivity contribution in [1.29, 1.82) is 0 Å². The van der Waals surface area contributed by atoms with Gasteiger partial charge in [-0.3, -0.25) is 4.40 Å². The fourth-order valence-corrected chi connectivity index (χ4v) is 3.13. The first kappa shape index (κ1) is 13.8. The van der Waals surface area contributed by atoms with Crippen LogP contribution in [0.2, 0.25) is 0 Å². The molecule has 6 heteroatoms. The number of nitrogens with two attached hydrogens (primary N) is 1. The topological polar surface area (TPSA) is 65.3 Å². The van der Waals surface area contributed by atoms with Gasteiger partial charge in [0.2, 0.25) is 0 Å². The highest BCUT2D eigenvalue weighted by atomic mass is 32.2. The SMILES string of the molecule is Cc1cc(N)ccc1SCCn1nc2ccccn2c1=O. The highest BCUT2D eigenvalue weighted by Gasteiger charge is 2.06. The molecule has 0 unspecified atom stereocenters. The number of anilines is 1. The molecule has 3 aromatic rings. The van der Waals surface area contributed by atoms with Crippen LogP contribution in [0.5, 0.6) is 0 Å². The fourth-order valence-electron chi connectivity index (χ4n) is 2.19. The minimum absolute atomic E-state index is 0.0970. The summed E-state index contributed by atoms with van der Waals surface area (Å²) < 4.78 is 3.06. The lowest BCUT2D eigenvalue weighted by atomic mass is 10.2. The van der Waals surface area contributed by atoms with Gasteiger partial charge in [0.15, 0.2) is 5.65 Å². The van der Waals surface area contributed by atoms with Crippen LogP contribution in [0.15, 0.2) is 52.3 Å². The Labute approximate surface area is 126 Å². The molecule has 108 valence electrons. The van der Waals surface area contributed by atoms with E-state index >= 15 is 0 Å². The van der Waals surface area contributed by atoms with Crippen molar-refractivity contribution >= 4 is 23.1 Å². The first-order valence-corrected chi connectivity index (χ1v) is 7.67. The Morgan fingerprint density at radius 1 is 1.29 bits per heavy atom. The van der Waals surface area contributed by atoms with Crippen LogP contribution in [0, 0.1) is 6.92 Å². The first-order valence-electron chi connectivity index (χ1n) is 6.68. The summed E-state index contributed by atoms with van der Waals surface area (Å²) in [6, 6.07) is 11.4. The molecule has 2 heterocycles. The van der Waals surface area contributed by atoms with E-state index in [1.54, 1.807) is 22.4 Å². The first-order chi connectivity index (χ1) is 10.1. The smallest absolute Gasteiger partial charge is 0.350 e. The van der Waals surface area contributed by atoms with Gasteiger partial charge in [-0.15, -0.1) is 16.9 Å². The third-order valence-electron chi connectivity index (χ3n) is 3.25. The third-order valence-corrected chi connectivity index (χ3v) is 4.40. The molecule has 21 heavy (non-hydrogen) atoms. The molecule has 3 rings (SSSR count). The number of thioether (sulfide) groups is 1. The second-order valence-electron chi connectivity index (χ2n) is 4.81. The minimum atomic E-state index is -0.0970. The molecule has 1 aromatic carbocycles. The Balaban J connectivity index is 1.72. The number of rotatable bonds is 4. The van der Waals surface area contributed by atoms with E-state index in [2.05, 4.69) is 5.10 Å². The van der Waals surface area contributed by atoms with E-state index < -0.39 is 0 Å². The highest BCUT2D eigenvalue weighted by Crippen LogP contribution is 2.24. The lowest BCUT2D eigenvalue weighted by Gasteiger charge is -2.06. The molecule has 2 aromatic heterocycles. The lowest BCUT2D eigenvalue weighted by Crippen LogP contribution is -2.21. The van der Waals surface area contributed by atoms with Gasteiger partial charge in [0, 0.05) is 22.5 Å². The third kappa shape index (κ3) is 2.80. The van der Waals surface area contributed by atoms with Crippen LogP contribution in [0.3, 0.4) is 0 Å². The number of nitrogen functional groups attached to an aromatic ring is 1. The summed E-state index contributed by atoms with van der Waals surface area (Å²) in [5.41, 5.74) is 8.25. The van der Waals surface area contributed by atoms with Crippen LogP contribution >= 0.6 is 11.8 Å². The van der Waals surface area contributed by atoms with Gasteiger partial charge in [0.1, 0.15) is 0 Å². The fraction of sp³-hybridized carbons (Fsp3) is 0.200. The minimum Gasteiger partial charge on any atom is -0.399 e. The van der Waals surface area contributed by atoms with Gasteiger partial charge in [0.05, 0.1) is 6.54 Å². The van der Waals surface area contributed by atoms with Gasteiger partial charge in [-0.05, 0) is 42.8 Å². The van der Waals surface area contributed by atoms with E-state index in [-0.39, 0.29) is 5.69 Å². The molecule has 0 atom stereocenters. The quantitative estimate of drug-likeness (QED) is 0.592. The number of aromatic nitrogens is 3. The number of aryl methyl sites for hydroxylation is 2. The molecule has 0 fully saturated rings.